The summed E-state index contributed by atoms with van der Waals surface area (Å²) in [5.41, 5.74) is 5.35. The molecule has 10 nitrogen and oxygen atoms in total. The normalized spacial score (nSPS) is 14.2. The maximum atomic E-state index is 12.6. The molecule has 0 saturated heterocycles. The summed E-state index contributed by atoms with van der Waals surface area (Å²) in [6.45, 7) is 11.0. The number of hydrogen-bond donors (Lipinski definition) is 1. The number of benzene rings is 1. The Bertz CT molecular complexity index is 930. The monoisotopic (exact) mass is 523 g/mol. The molecular formula is C27H41NO9. The fraction of sp³-hybridized carbons (Fsp3) is 0.630. The lowest BCUT2D eigenvalue weighted by atomic mass is 9.88. The van der Waals surface area contributed by atoms with Crippen molar-refractivity contribution in [3.8, 4) is 11.5 Å². The van der Waals surface area contributed by atoms with Crippen molar-refractivity contribution in [2.45, 2.75) is 72.8 Å². The molecule has 37 heavy (non-hydrogen) atoms. The van der Waals surface area contributed by atoms with Gasteiger partial charge < -0.3 is 29.4 Å². The topological polar surface area (TPSA) is 140 Å². The van der Waals surface area contributed by atoms with Crippen molar-refractivity contribution in [2.24, 2.45) is 23.5 Å². The summed E-state index contributed by atoms with van der Waals surface area (Å²) in [7, 11) is 1.21. The van der Waals surface area contributed by atoms with E-state index in [-0.39, 0.29) is 55.3 Å². The van der Waals surface area contributed by atoms with Crippen LogP contribution in [-0.2, 0) is 35.0 Å². The highest BCUT2D eigenvalue weighted by Gasteiger charge is 2.36. The summed E-state index contributed by atoms with van der Waals surface area (Å²) < 4.78 is 26.0. The van der Waals surface area contributed by atoms with E-state index < -0.39 is 29.6 Å². The lowest BCUT2D eigenvalue weighted by Gasteiger charge is -2.27. The molecule has 0 fully saturated rings. The minimum atomic E-state index is -1.56. The fourth-order valence-corrected chi connectivity index (χ4v) is 3.00. The maximum absolute atomic E-state index is 12.6. The Morgan fingerprint density at radius 1 is 0.892 bits per heavy atom. The molecule has 0 aliphatic carbocycles. The van der Waals surface area contributed by atoms with Crippen LogP contribution in [0, 0.1) is 17.8 Å². The van der Waals surface area contributed by atoms with E-state index in [9.17, 15) is 19.2 Å². The van der Waals surface area contributed by atoms with Crippen LogP contribution in [0.15, 0.2) is 18.2 Å². The summed E-state index contributed by atoms with van der Waals surface area (Å²) in [5, 5.41) is 0. The van der Waals surface area contributed by atoms with Crippen LogP contribution in [-0.4, -0.2) is 49.9 Å². The number of ether oxygens (including phenoxy) is 5. The summed E-state index contributed by atoms with van der Waals surface area (Å²) >= 11 is 0. The van der Waals surface area contributed by atoms with Gasteiger partial charge in [0.15, 0.2) is 11.5 Å². The largest absolute Gasteiger partial charge is 0.508 e. The second kappa shape index (κ2) is 15.2. The molecule has 0 aliphatic heterocycles. The van der Waals surface area contributed by atoms with Gasteiger partial charge in [-0.1, -0.05) is 47.6 Å². The summed E-state index contributed by atoms with van der Waals surface area (Å²) in [4.78, 5) is 49.2. The number of nitrogens with two attached hydrogens (primary N) is 1. The Labute approximate surface area is 219 Å². The van der Waals surface area contributed by atoms with E-state index in [1.165, 1.54) is 19.2 Å². The summed E-state index contributed by atoms with van der Waals surface area (Å²) in [6, 6.07) is 4.61. The molecule has 1 rings (SSSR count). The van der Waals surface area contributed by atoms with Crippen molar-refractivity contribution >= 4 is 24.1 Å². The molecule has 2 N–H and O–H groups in total. The third-order valence-electron chi connectivity index (χ3n) is 5.87. The van der Waals surface area contributed by atoms with Crippen molar-refractivity contribution < 1.29 is 42.9 Å². The van der Waals surface area contributed by atoms with Crippen molar-refractivity contribution in [1.82, 2.24) is 0 Å². The number of carbonyl (C=O) groups excluding carboxylic acids is 4. The van der Waals surface area contributed by atoms with Gasteiger partial charge in [-0.25, -0.2) is 4.79 Å². The predicted molar refractivity (Wildman–Crippen MR) is 136 cm³/mol. The van der Waals surface area contributed by atoms with Crippen LogP contribution in [0.25, 0.3) is 0 Å². The first-order chi connectivity index (χ1) is 17.4. The van der Waals surface area contributed by atoms with E-state index in [0.29, 0.717) is 18.4 Å². The molecule has 1 aromatic carbocycles. The Balaban J connectivity index is 3.16. The average Bonchev–Trinajstić information content (AvgIpc) is 2.87. The summed E-state index contributed by atoms with van der Waals surface area (Å²) in [5.74, 6) is -2.10. The molecule has 0 heterocycles. The number of rotatable bonds is 14. The highest BCUT2D eigenvalue weighted by atomic mass is 16.7. The van der Waals surface area contributed by atoms with E-state index in [2.05, 4.69) is 0 Å². The standard InChI is InChI=1S/C27H41NO9/c1-8-18(5)23(29)36-21-11-10-20(14-22(21)37-24(30)19(6)9-2)15-27(28,25(31)33-7)12-13-34-26(32)35-16-17(3)4/h10-11,14,17-19H,8-9,12-13,15-16,28H2,1-7H3/t18?,19?,27-/m1/s1. The van der Waals surface area contributed by atoms with Crippen molar-refractivity contribution in [2.75, 3.05) is 20.3 Å². The fourth-order valence-electron chi connectivity index (χ4n) is 3.00. The van der Waals surface area contributed by atoms with Gasteiger partial charge in [0.2, 0.25) is 0 Å². The minimum Gasteiger partial charge on any atom is -0.468 e. The second-order valence-electron chi connectivity index (χ2n) is 9.62. The second-order valence-corrected chi connectivity index (χ2v) is 9.62. The highest BCUT2D eigenvalue weighted by molar-refractivity contribution is 5.81. The van der Waals surface area contributed by atoms with Crippen LogP contribution >= 0.6 is 0 Å². The first kappa shape index (κ1) is 31.9. The molecule has 0 aliphatic rings. The molecule has 0 spiro atoms. The molecular weight excluding hydrogens is 482 g/mol. The maximum Gasteiger partial charge on any atom is 0.508 e. The Morgan fingerprint density at radius 3 is 1.97 bits per heavy atom. The van der Waals surface area contributed by atoms with Gasteiger partial charge in [-0.15, -0.1) is 0 Å². The molecule has 0 radical (unpaired) electrons. The van der Waals surface area contributed by atoms with Crippen LogP contribution in [0.3, 0.4) is 0 Å². The van der Waals surface area contributed by atoms with Crippen LogP contribution in [0.4, 0.5) is 4.79 Å². The molecule has 0 bridgehead atoms. The predicted octanol–water partition coefficient (Wildman–Crippen LogP) is 4.20. The smallest absolute Gasteiger partial charge is 0.468 e. The number of methoxy groups -OCH3 is 1. The number of esters is 3. The molecule has 10 heteroatoms. The quantitative estimate of drug-likeness (QED) is 0.278. The van der Waals surface area contributed by atoms with Crippen molar-refractivity contribution in [3.05, 3.63) is 23.8 Å². The van der Waals surface area contributed by atoms with Crippen LogP contribution in [0.5, 0.6) is 11.5 Å². The first-order valence-corrected chi connectivity index (χ1v) is 12.6. The highest BCUT2D eigenvalue weighted by Crippen LogP contribution is 2.32. The van der Waals surface area contributed by atoms with Gasteiger partial charge in [-0.3, -0.25) is 14.4 Å². The van der Waals surface area contributed by atoms with E-state index in [1.54, 1.807) is 19.9 Å². The van der Waals surface area contributed by atoms with Gasteiger partial charge >= 0.3 is 24.1 Å². The van der Waals surface area contributed by atoms with Gasteiger partial charge in [0.05, 0.1) is 32.2 Å². The average molecular weight is 524 g/mol. The van der Waals surface area contributed by atoms with Gasteiger partial charge in [0, 0.05) is 12.8 Å². The molecule has 1 aromatic rings. The Kier molecular flexibility index (Phi) is 13.1. The van der Waals surface area contributed by atoms with E-state index in [4.69, 9.17) is 29.4 Å². The van der Waals surface area contributed by atoms with Crippen LogP contribution < -0.4 is 15.2 Å². The number of hydrogen-bond acceptors (Lipinski definition) is 10. The molecule has 208 valence electrons. The van der Waals surface area contributed by atoms with Crippen LogP contribution in [0.1, 0.15) is 66.4 Å². The van der Waals surface area contributed by atoms with Gasteiger partial charge in [-0.05, 0) is 36.5 Å². The minimum absolute atomic E-state index is 0.0302. The molecule has 0 saturated carbocycles. The first-order valence-electron chi connectivity index (χ1n) is 12.6. The van der Waals surface area contributed by atoms with Gasteiger partial charge in [0.1, 0.15) is 5.54 Å². The van der Waals surface area contributed by atoms with Crippen LogP contribution in [0.2, 0.25) is 0 Å². The van der Waals surface area contributed by atoms with Crippen molar-refractivity contribution in [3.63, 3.8) is 0 Å². The lowest BCUT2D eigenvalue weighted by molar-refractivity contribution is -0.148. The zero-order valence-electron chi connectivity index (χ0n) is 23.0. The van der Waals surface area contributed by atoms with E-state index >= 15 is 0 Å². The molecule has 2 unspecified atom stereocenters. The third kappa shape index (κ3) is 10.4. The van der Waals surface area contributed by atoms with Gasteiger partial charge in [-0.2, -0.15) is 0 Å². The Hall–Kier alpha value is -3.14. The SMILES string of the molecule is CCC(C)C(=O)Oc1ccc(C[C@](N)(CCOC(=O)OCC(C)C)C(=O)OC)cc1OC(=O)C(C)CC. The van der Waals surface area contributed by atoms with E-state index in [1.807, 2.05) is 27.7 Å². The summed E-state index contributed by atoms with van der Waals surface area (Å²) in [6.07, 6.45) is 0.211. The zero-order chi connectivity index (χ0) is 28.2. The van der Waals surface area contributed by atoms with Crippen molar-refractivity contribution in [1.29, 1.82) is 0 Å². The molecule has 0 aromatic heterocycles. The zero-order valence-corrected chi connectivity index (χ0v) is 23.0. The lowest BCUT2D eigenvalue weighted by Crippen LogP contribution is -2.51. The van der Waals surface area contributed by atoms with Gasteiger partial charge in [0.25, 0.3) is 0 Å². The molecule has 0 amide bonds. The van der Waals surface area contributed by atoms with E-state index in [0.717, 1.165) is 0 Å². The Morgan fingerprint density at radius 2 is 1.46 bits per heavy atom. The number of carbonyl (C=O) groups is 4. The molecule has 3 atom stereocenters. The third-order valence-corrected chi connectivity index (χ3v) is 5.87.